The van der Waals surface area contributed by atoms with Gasteiger partial charge in [-0.25, -0.2) is 0 Å². The normalized spacial score (nSPS) is 22.1. The summed E-state index contributed by atoms with van der Waals surface area (Å²) >= 11 is 9.53. The number of benzene rings is 1. The maximum Gasteiger partial charge on any atom is 0.0502 e. The first-order valence-corrected chi connectivity index (χ1v) is 6.72. The summed E-state index contributed by atoms with van der Waals surface area (Å²) < 4.78 is 1.07. The van der Waals surface area contributed by atoms with Crippen LogP contribution in [0, 0.1) is 0 Å². The second kappa shape index (κ2) is 5.39. The van der Waals surface area contributed by atoms with Crippen molar-refractivity contribution in [2.45, 2.75) is 18.9 Å². The maximum absolute atomic E-state index is 5.99. The number of halogens is 2. The molecule has 0 aromatic heterocycles. The van der Waals surface area contributed by atoms with Crippen LogP contribution in [0.25, 0.3) is 0 Å². The molecule has 4 heteroatoms. The van der Waals surface area contributed by atoms with E-state index in [9.17, 15) is 0 Å². The van der Waals surface area contributed by atoms with Gasteiger partial charge >= 0.3 is 0 Å². The zero-order valence-electron chi connectivity index (χ0n) is 9.34. The Balaban J connectivity index is 2.05. The van der Waals surface area contributed by atoms with Gasteiger partial charge < -0.3 is 10.2 Å². The zero-order chi connectivity index (χ0) is 11.5. The Hall–Kier alpha value is -0.250. The van der Waals surface area contributed by atoms with Crippen LogP contribution in [0.2, 0.25) is 5.02 Å². The highest BCUT2D eigenvalue weighted by Gasteiger charge is 2.17. The number of nitrogens with one attached hydrogen (secondary N) is 1. The summed E-state index contributed by atoms with van der Waals surface area (Å²) in [5.74, 6) is 0. The van der Waals surface area contributed by atoms with Crippen LogP contribution in [0.5, 0.6) is 0 Å². The van der Waals surface area contributed by atoms with Gasteiger partial charge in [0.15, 0.2) is 0 Å². The third-order valence-corrected chi connectivity index (χ3v) is 3.84. The van der Waals surface area contributed by atoms with Crippen LogP contribution >= 0.6 is 27.5 Å². The average Bonchev–Trinajstić information content (AvgIpc) is 2.24. The zero-order valence-corrected chi connectivity index (χ0v) is 11.7. The molecule has 0 bridgehead atoms. The van der Waals surface area contributed by atoms with Gasteiger partial charge in [0, 0.05) is 22.1 Å². The second-order valence-electron chi connectivity index (χ2n) is 4.37. The smallest absolute Gasteiger partial charge is 0.0502 e. The lowest BCUT2D eigenvalue weighted by Crippen LogP contribution is -2.39. The van der Waals surface area contributed by atoms with Crippen molar-refractivity contribution in [3.8, 4) is 0 Å². The number of hydrogen-bond acceptors (Lipinski definition) is 2. The van der Waals surface area contributed by atoms with E-state index in [1.165, 1.54) is 19.4 Å². The number of likely N-dealkylation sites (N-methyl/N-ethyl adjacent to an activating group) is 1. The van der Waals surface area contributed by atoms with Gasteiger partial charge in [-0.1, -0.05) is 11.6 Å². The van der Waals surface area contributed by atoms with Crippen molar-refractivity contribution in [2.75, 3.05) is 25.5 Å². The Kier molecular flexibility index (Phi) is 4.11. The van der Waals surface area contributed by atoms with Gasteiger partial charge in [0.25, 0.3) is 0 Å². The maximum atomic E-state index is 5.99. The van der Waals surface area contributed by atoms with E-state index in [1.807, 2.05) is 18.2 Å². The molecule has 1 aromatic carbocycles. The van der Waals surface area contributed by atoms with Crippen molar-refractivity contribution < 1.29 is 0 Å². The number of nitrogens with zero attached hydrogens (tertiary/aromatic N) is 1. The lowest BCUT2D eigenvalue weighted by molar-refractivity contribution is 0.261. The van der Waals surface area contributed by atoms with Gasteiger partial charge in [-0.15, -0.1) is 0 Å². The Morgan fingerprint density at radius 1 is 1.50 bits per heavy atom. The van der Waals surface area contributed by atoms with Crippen molar-refractivity contribution in [2.24, 2.45) is 0 Å². The largest absolute Gasteiger partial charge is 0.380 e. The van der Waals surface area contributed by atoms with E-state index < -0.39 is 0 Å². The molecule has 0 saturated carbocycles. The Morgan fingerprint density at radius 2 is 2.31 bits per heavy atom. The third kappa shape index (κ3) is 3.12. The molecule has 0 aliphatic carbocycles. The van der Waals surface area contributed by atoms with Gasteiger partial charge in [-0.3, -0.25) is 0 Å². The SMILES string of the molecule is CN1CCCC(Nc2cc(Cl)ccc2Br)C1. The van der Waals surface area contributed by atoms with Crippen LogP contribution in [-0.2, 0) is 0 Å². The minimum Gasteiger partial charge on any atom is -0.380 e. The first kappa shape index (κ1) is 12.2. The molecule has 0 radical (unpaired) electrons. The predicted octanol–water partition coefficient (Wildman–Crippen LogP) is 3.61. The standard InChI is InChI=1S/C12H16BrClN2/c1-16-6-2-3-10(8-16)15-12-7-9(14)4-5-11(12)13/h4-5,7,10,15H,2-3,6,8H2,1H3. The molecule has 2 nitrogen and oxygen atoms in total. The summed E-state index contributed by atoms with van der Waals surface area (Å²) in [6.07, 6.45) is 2.48. The highest BCUT2D eigenvalue weighted by atomic mass is 79.9. The van der Waals surface area contributed by atoms with Crippen LogP contribution in [0.3, 0.4) is 0 Å². The molecule has 0 spiro atoms. The van der Waals surface area contributed by atoms with Gasteiger partial charge in [0.2, 0.25) is 0 Å². The molecule has 1 aliphatic rings. The van der Waals surface area contributed by atoms with Gasteiger partial charge in [0.1, 0.15) is 0 Å². The minimum absolute atomic E-state index is 0.522. The van der Waals surface area contributed by atoms with Crippen LogP contribution in [0.1, 0.15) is 12.8 Å². The molecule has 88 valence electrons. The van der Waals surface area contributed by atoms with E-state index in [4.69, 9.17) is 11.6 Å². The summed E-state index contributed by atoms with van der Waals surface area (Å²) in [4.78, 5) is 2.36. The van der Waals surface area contributed by atoms with Crippen molar-refractivity contribution in [1.29, 1.82) is 0 Å². The third-order valence-electron chi connectivity index (χ3n) is 2.91. The summed E-state index contributed by atoms with van der Waals surface area (Å²) in [6.45, 7) is 2.30. The molecule has 1 saturated heterocycles. The number of likely N-dealkylation sites (tertiary alicyclic amines) is 1. The molecule has 1 fully saturated rings. The fourth-order valence-electron chi connectivity index (χ4n) is 2.11. The van der Waals surface area contributed by atoms with E-state index >= 15 is 0 Å². The summed E-state index contributed by atoms with van der Waals surface area (Å²) in [5, 5.41) is 4.32. The van der Waals surface area contributed by atoms with E-state index in [2.05, 4.69) is 33.2 Å². The van der Waals surface area contributed by atoms with Gasteiger partial charge in [-0.2, -0.15) is 0 Å². The minimum atomic E-state index is 0.522. The van der Waals surface area contributed by atoms with Crippen LogP contribution in [0.15, 0.2) is 22.7 Å². The summed E-state index contributed by atoms with van der Waals surface area (Å²) in [7, 11) is 2.17. The van der Waals surface area contributed by atoms with Crippen LogP contribution < -0.4 is 5.32 Å². The van der Waals surface area contributed by atoms with Crippen LogP contribution in [0.4, 0.5) is 5.69 Å². The Bertz CT molecular complexity index is 370. The fraction of sp³-hybridized carbons (Fsp3) is 0.500. The number of piperidine rings is 1. The molecule has 0 amide bonds. The van der Waals surface area contributed by atoms with Crippen molar-refractivity contribution in [1.82, 2.24) is 4.90 Å². The molecule has 1 unspecified atom stereocenters. The van der Waals surface area contributed by atoms with Crippen molar-refractivity contribution in [3.05, 3.63) is 27.7 Å². The lowest BCUT2D eigenvalue weighted by Gasteiger charge is -2.31. The molecular formula is C12H16BrClN2. The molecule has 1 atom stereocenters. The Labute approximate surface area is 110 Å². The highest BCUT2D eigenvalue weighted by Crippen LogP contribution is 2.27. The topological polar surface area (TPSA) is 15.3 Å². The number of anilines is 1. The van der Waals surface area contributed by atoms with Gasteiger partial charge in [0.05, 0.1) is 5.69 Å². The molecule has 1 aromatic rings. The average molecular weight is 304 g/mol. The Morgan fingerprint density at radius 3 is 3.06 bits per heavy atom. The lowest BCUT2D eigenvalue weighted by atomic mass is 10.1. The number of rotatable bonds is 2. The summed E-state index contributed by atoms with van der Waals surface area (Å²) in [6, 6.07) is 6.37. The molecule has 2 rings (SSSR count). The van der Waals surface area contributed by atoms with E-state index in [-0.39, 0.29) is 0 Å². The molecule has 1 aliphatic heterocycles. The first-order valence-electron chi connectivity index (χ1n) is 5.55. The van der Waals surface area contributed by atoms with E-state index in [0.29, 0.717) is 6.04 Å². The molecule has 1 N–H and O–H groups in total. The van der Waals surface area contributed by atoms with Crippen molar-refractivity contribution >= 4 is 33.2 Å². The first-order chi connectivity index (χ1) is 7.65. The van der Waals surface area contributed by atoms with Crippen LogP contribution in [-0.4, -0.2) is 31.1 Å². The predicted molar refractivity (Wildman–Crippen MR) is 73.3 cm³/mol. The fourth-order valence-corrected chi connectivity index (χ4v) is 2.65. The molecule has 1 heterocycles. The van der Waals surface area contributed by atoms with Crippen molar-refractivity contribution in [3.63, 3.8) is 0 Å². The van der Waals surface area contributed by atoms with Gasteiger partial charge in [-0.05, 0) is 60.6 Å². The summed E-state index contributed by atoms with van der Waals surface area (Å²) in [5.41, 5.74) is 1.09. The van der Waals surface area contributed by atoms with E-state index in [0.717, 1.165) is 21.7 Å². The van der Waals surface area contributed by atoms with E-state index in [1.54, 1.807) is 0 Å². The molecule has 16 heavy (non-hydrogen) atoms. The molecular weight excluding hydrogens is 288 g/mol. The monoisotopic (exact) mass is 302 g/mol. The highest BCUT2D eigenvalue weighted by molar-refractivity contribution is 9.10. The number of hydrogen-bond donors (Lipinski definition) is 1. The second-order valence-corrected chi connectivity index (χ2v) is 5.66. The quantitative estimate of drug-likeness (QED) is 0.898.